The SMILES string of the molecule is CCCCSCCCC.[KH]. The molecule has 0 spiro atoms. The van der Waals surface area contributed by atoms with Gasteiger partial charge in [0, 0.05) is 0 Å². The summed E-state index contributed by atoms with van der Waals surface area (Å²) in [6, 6.07) is 0. The molecule has 0 rings (SSSR count). The van der Waals surface area contributed by atoms with E-state index in [9.17, 15) is 0 Å². The molecule has 0 aromatic rings. The Morgan fingerprint density at radius 2 is 1.30 bits per heavy atom. The van der Waals surface area contributed by atoms with Gasteiger partial charge < -0.3 is 0 Å². The van der Waals surface area contributed by atoms with E-state index in [2.05, 4.69) is 25.6 Å². The molecule has 0 aliphatic heterocycles. The fraction of sp³-hybridized carbons (Fsp3) is 1.00. The molecule has 0 nitrogen and oxygen atoms in total. The van der Waals surface area contributed by atoms with Gasteiger partial charge in [-0.3, -0.25) is 0 Å². The van der Waals surface area contributed by atoms with Gasteiger partial charge in [-0.2, -0.15) is 11.8 Å². The number of hydrogen-bond donors (Lipinski definition) is 0. The molecule has 0 aromatic carbocycles. The summed E-state index contributed by atoms with van der Waals surface area (Å²) in [5.41, 5.74) is 0. The Morgan fingerprint density at radius 3 is 1.60 bits per heavy atom. The summed E-state index contributed by atoms with van der Waals surface area (Å²) in [6.45, 7) is 4.50. The van der Waals surface area contributed by atoms with E-state index in [0.29, 0.717) is 0 Å². The van der Waals surface area contributed by atoms with Crippen molar-refractivity contribution in [2.45, 2.75) is 39.5 Å². The van der Waals surface area contributed by atoms with Crippen molar-refractivity contribution in [3.63, 3.8) is 0 Å². The van der Waals surface area contributed by atoms with Gasteiger partial charge >= 0.3 is 51.4 Å². The Hall–Kier alpha value is 1.99. The van der Waals surface area contributed by atoms with Crippen LogP contribution in [-0.2, 0) is 0 Å². The predicted octanol–water partition coefficient (Wildman–Crippen LogP) is 2.67. The van der Waals surface area contributed by atoms with Crippen LogP contribution in [0.3, 0.4) is 0 Å². The maximum absolute atomic E-state index is 2.25. The van der Waals surface area contributed by atoms with E-state index in [-0.39, 0.29) is 51.4 Å². The van der Waals surface area contributed by atoms with E-state index in [1.165, 1.54) is 37.2 Å². The molecule has 0 amide bonds. The van der Waals surface area contributed by atoms with E-state index < -0.39 is 0 Å². The molecule has 0 radical (unpaired) electrons. The zero-order chi connectivity index (χ0) is 6.95. The summed E-state index contributed by atoms with van der Waals surface area (Å²) in [5.74, 6) is 2.74. The number of thioether (sulfide) groups is 1. The molecule has 0 saturated heterocycles. The molecule has 0 saturated carbocycles. The second kappa shape index (κ2) is 13.6. The van der Waals surface area contributed by atoms with Crippen molar-refractivity contribution in [2.75, 3.05) is 11.5 Å². The minimum absolute atomic E-state index is 0. The molecule has 0 aliphatic carbocycles. The van der Waals surface area contributed by atoms with Crippen molar-refractivity contribution in [3.8, 4) is 0 Å². The molecule has 2 heteroatoms. The van der Waals surface area contributed by atoms with Gasteiger partial charge in [-0.15, -0.1) is 0 Å². The molecule has 58 valence electrons. The molecule has 0 N–H and O–H groups in total. The van der Waals surface area contributed by atoms with Gasteiger partial charge in [0.25, 0.3) is 0 Å². The monoisotopic (exact) mass is 186 g/mol. The molecule has 0 heterocycles. The molecule has 0 aromatic heterocycles. The Morgan fingerprint density at radius 1 is 0.900 bits per heavy atom. The van der Waals surface area contributed by atoms with E-state index in [4.69, 9.17) is 0 Å². The van der Waals surface area contributed by atoms with Crippen molar-refractivity contribution < 1.29 is 0 Å². The van der Waals surface area contributed by atoms with Crippen LogP contribution >= 0.6 is 11.8 Å². The van der Waals surface area contributed by atoms with Crippen LogP contribution in [0.1, 0.15) is 39.5 Å². The van der Waals surface area contributed by atoms with Crippen LogP contribution in [0.25, 0.3) is 0 Å². The standard InChI is InChI=1S/C8H18S.K.H/c1-3-5-7-9-8-6-4-2;;/h3-8H2,1-2H3;;. The molecule has 0 aliphatic rings. The Balaban J connectivity index is 0. The summed E-state index contributed by atoms with van der Waals surface area (Å²) in [6.07, 6.45) is 5.49. The Bertz CT molecular complexity index is 42.5. The zero-order valence-electron chi connectivity index (χ0n) is 6.65. The van der Waals surface area contributed by atoms with Crippen LogP contribution in [0.5, 0.6) is 0 Å². The maximum atomic E-state index is 2.25. The van der Waals surface area contributed by atoms with E-state index in [1.807, 2.05) is 0 Å². The number of rotatable bonds is 6. The predicted molar refractivity (Wildman–Crippen MR) is 54.3 cm³/mol. The molecule has 0 unspecified atom stereocenters. The van der Waals surface area contributed by atoms with Crippen molar-refractivity contribution in [3.05, 3.63) is 0 Å². The van der Waals surface area contributed by atoms with Crippen LogP contribution in [0.4, 0.5) is 0 Å². The normalized spacial score (nSPS) is 9.00. The first-order valence-corrected chi connectivity index (χ1v) is 5.15. The van der Waals surface area contributed by atoms with Crippen molar-refractivity contribution in [2.24, 2.45) is 0 Å². The van der Waals surface area contributed by atoms with Crippen LogP contribution in [0.15, 0.2) is 0 Å². The van der Waals surface area contributed by atoms with Gasteiger partial charge in [-0.05, 0) is 24.3 Å². The van der Waals surface area contributed by atoms with E-state index in [1.54, 1.807) is 0 Å². The molecule has 10 heavy (non-hydrogen) atoms. The van der Waals surface area contributed by atoms with Crippen LogP contribution < -0.4 is 0 Å². The molecule has 0 bridgehead atoms. The average Bonchev–Trinajstić information content (AvgIpc) is 1.89. The molecular formula is C8H19KS. The third-order valence-corrected chi connectivity index (χ3v) is 2.44. The quantitative estimate of drug-likeness (QED) is 0.454. The van der Waals surface area contributed by atoms with Gasteiger partial charge in [0.05, 0.1) is 0 Å². The third kappa shape index (κ3) is 12.6. The number of unbranched alkanes of at least 4 members (excludes halogenated alkanes) is 2. The number of hydrogen-bond acceptors (Lipinski definition) is 1. The van der Waals surface area contributed by atoms with Crippen molar-refractivity contribution in [1.29, 1.82) is 0 Å². The fourth-order valence-electron chi connectivity index (χ4n) is 0.595. The molecular weight excluding hydrogens is 167 g/mol. The van der Waals surface area contributed by atoms with Gasteiger partial charge in [0.15, 0.2) is 0 Å². The Labute approximate surface area is 112 Å². The molecule has 0 fully saturated rings. The first kappa shape index (κ1) is 14.5. The van der Waals surface area contributed by atoms with Gasteiger partial charge in [-0.25, -0.2) is 0 Å². The minimum atomic E-state index is 0. The third-order valence-electron chi connectivity index (χ3n) is 1.28. The van der Waals surface area contributed by atoms with Crippen molar-refractivity contribution in [1.82, 2.24) is 0 Å². The topological polar surface area (TPSA) is 0 Å². The molecule has 0 atom stereocenters. The second-order valence-corrected chi connectivity index (χ2v) is 3.54. The first-order chi connectivity index (χ1) is 4.41. The van der Waals surface area contributed by atoms with Crippen molar-refractivity contribution >= 4 is 63.1 Å². The Kier molecular flexibility index (Phi) is 19.7. The van der Waals surface area contributed by atoms with Crippen LogP contribution in [-0.4, -0.2) is 62.9 Å². The summed E-state index contributed by atoms with van der Waals surface area (Å²) in [7, 11) is 0. The average molecular weight is 186 g/mol. The van der Waals surface area contributed by atoms with E-state index >= 15 is 0 Å². The summed E-state index contributed by atoms with van der Waals surface area (Å²) in [4.78, 5) is 0. The van der Waals surface area contributed by atoms with E-state index in [0.717, 1.165) is 0 Å². The van der Waals surface area contributed by atoms with Gasteiger partial charge in [0.2, 0.25) is 0 Å². The second-order valence-electron chi connectivity index (χ2n) is 2.32. The summed E-state index contributed by atoms with van der Waals surface area (Å²) in [5, 5.41) is 0. The zero-order valence-corrected chi connectivity index (χ0v) is 7.47. The van der Waals surface area contributed by atoms with Crippen LogP contribution in [0, 0.1) is 0 Å². The van der Waals surface area contributed by atoms with Gasteiger partial charge in [-0.1, -0.05) is 26.7 Å². The summed E-state index contributed by atoms with van der Waals surface area (Å²) < 4.78 is 0. The van der Waals surface area contributed by atoms with Gasteiger partial charge in [0.1, 0.15) is 0 Å². The van der Waals surface area contributed by atoms with Crippen LogP contribution in [0.2, 0.25) is 0 Å². The first-order valence-electron chi connectivity index (χ1n) is 3.99. The summed E-state index contributed by atoms with van der Waals surface area (Å²) >= 11 is 2.10. The fourth-order valence-corrected chi connectivity index (χ4v) is 1.78.